The summed E-state index contributed by atoms with van der Waals surface area (Å²) in [5.74, 6) is -0.0818. The minimum Gasteiger partial charge on any atom is -0.388 e. The number of carbonyl (C=O) groups excluding carboxylic acids is 1. The minimum absolute atomic E-state index is 0.0818. The van der Waals surface area contributed by atoms with Crippen LogP contribution < -0.4 is 10.6 Å². The lowest BCUT2D eigenvalue weighted by molar-refractivity contribution is -0.114. The molecule has 0 saturated heterocycles. The van der Waals surface area contributed by atoms with Gasteiger partial charge in [0, 0.05) is 31.7 Å². The summed E-state index contributed by atoms with van der Waals surface area (Å²) >= 11 is 0. The first-order chi connectivity index (χ1) is 9.69. The van der Waals surface area contributed by atoms with E-state index in [4.69, 9.17) is 0 Å². The fraction of sp³-hybridized carbons (Fsp3) is 0.562. The van der Waals surface area contributed by atoms with Gasteiger partial charge in [-0.05, 0) is 45.6 Å². The molecule has 21 heavy (non-hydrogen) atoms. The van der Waals surface area contributed by atoms with Crippen molar-refractivity contribution in [1.29, 1.82) is 0 Å². The summed E-state index contributed by atoms with van der Waals surface area (Å²) in [4.78, 5) is 13.1. The standard InChI is InChI=1S/C16H27N3O2/c1-12(17-10-16(3,21)11-19(4)5)14-7-6-8-15(9-14)18-13(2)20/h6-9,12,17,21H,10-11H2,1-5H3,(H,18,20). The van der Waals surface area contributed by atoms with Crippen LogP contribution >= 0.6 is 0 Å². The van der Waals surface area contributed by atoms with Crippen LogP contribution in [0.15, 0.2) is 24.3 Å². The summed E-state index contributed by atoms with van der Waals surface area (Å²) < 4.78 is 0. The molecule has 0 bridgehead atoms. The molecule has 2 atom stereocenters. The van der Waals surface area contributed by atoms with Gasteiger partial charge >= 0.3 is 0 Å². The van der Waals surface area contributed by atoms with Crippen LogP contribution in [0.5, 0.6) is 0 Å². The number of likely N-dealkylation sites (N-methyl/N-ethyl adjacent to an activating group) is 1. The van der Waals surface area contributed by atoms with E-state index in [1.54, 1.807) is 0 Å². The van der Waals surface area contributed by atoms with Crippen LogP contribution in [0, 0.1) is 0 Å². The first-order valence-corrected chi connectivity index (χ1v) is 7.18. The molecule has 3 N–H and O–H groups in total. The van der Waals surface area contributed by atoms with E-state index in [9.17, 15) is 9.90 Å². The third-order valence-electron chi connectivity index (χ3n) is 3.15. The zero-order valence-corrected chi connectivity index (χ0v) is 13.6. The van der Waals surface area contributed by atoms with Crippen molar-refractivity contribution in [3.63, 3.8) is 0 Å². The second-order valence-corrected chi connectivity index (χ2v) is 6.14. The molecule has 0 radical (unpaired) electrons. The zero-order chi connectivity index (χ0) is 16.0. The van der Waals surface area contributed by atoms with Crippen molar-refractivity contribution in [3.8, 4) is 0 Å². The highest BCUT2D eigenvalue weighted by Gasteiger charge is 2.22. The highest BCUT2D eigenvalue weighted by molar-refractivity contribution is 5.88. The molecule has 1 aromatic carbocycles. The number of hydrogen-bond acceptors (Lipinski definition) is 4. The first-order valence-electron chi connectivity index (χ1n) is 7.18. The average Bonchev–Trinajstić information content (AvgIpc) is 2.34. The molecule has 0 aliphatic rings. The Hall–Kier alpha value is -1.43. The van der Waals surface area contributed by atoms with Gasteiger partial charge in [0.05, 0.1) is 5.60 Å². The average molecular weight is 293 g/mol. The Morgan fingerprint density at radius 2 is 2.10 bits per heavy atom. The molecule has 0 fully saturated rings. The Labute approximate surface area is 127 Å². The zero-order valence-electron chi connectivity index (χ0n) is 13.6. The van der Waals surface area contributed by atoms with Crippen LogP contribution in [-0.2, 0) is 4.79 Å². The maximum absolute atomic E-state index is 11.1. The third-order valence-corrected chi connectivity index (χ3v) is 3.15. The highest BCUT2D eigenvalue weighted by atomic mass is 16.3. The molecule has 0 saturated carbocycles. The van der Waals surface area contributed by atoms with Crippen LogP contribution in [0.1, 0.15) is 32.4 Å². The molecule has 0 aromatic heterocycles. The Morgan fingerprint density at radius 3 is 2.67 bits per heavy atom. The topological polar surface area (TPSA) is 64.6 Å². The van der Waals surface area contributed by atoms with Crippen LogP contribution in [0.25, 0.3) is 0 Å². The smallest absolute Gasteiger partial charge is 0.221 e. The van der Waals surface area contributed by atoms with Gasteiger partial charge in [0.1, 0.15) is 0 Å². The lowest BCUT2D eigenvalue weighted by Gasteiger charge is -2.29. The van der Waals surface area contributed by atoms with Crippen LogP contribution in [0.3, 0.4) is 0 Å². The Bertz CT molecular complexity index is 472. The van der Waals surface area contributed by atoms with Gasteiger partial charge < -0.3 is 20.6 Å². The molecule has 0 aliphatic carbocycles. The van der Waals surface area contributed by atoms with Gasteiger partial charge in [0.15, 0.2) is 0 Å². The monoisotopic (exact) mass is 293 g/mol. The van der Waals surface area contributed by atoms with Crippen molar-refractivity contribution in [2.24, 2.45) is 0 Å². The number of rotatable bonds is 7. The molecular formula is C16H27N3O2. The lowest BCUT2D eigenvalue weighted by atomic mass is 10.0. The van der Waals surface area contributed by atoms with Crippen molar-refractivity contribution in [3.05, 3.63) is 29.8 Å². The molecule has 2 unspecified atom stereocenters. The second kappa shape index (κ2) is 7.54. The third kappa shape index (κ3) is 6.71. The summed E-state index contributed by atoms with van der Waals surface area (Å²) in [7, 11) is 3.88. The van der Waals surface area contributed by atoms with E-state index in [0.29, 0.717) is 13.1 Å². The molecule has 1 aromatic rings. The molecule has 5 heteroatoms. The highest BCUT2D eigenvalue weighted by Crippen LogP contribution is 2.18. The quantitative estimate of drug-likeness (QED) is 0.714. The van der Waals surface area contributed by atoms with Crippen molar-refractivity contribution in [1.82, 2.24) is 10.2 Å². The van der Waals surface area contributed by atoms with E-state index in [2.05, 4.69) is 10.6 Å². The maximum atomic E-state index is 11.1. The number of hydrogen-bond donors (Lipinski definition) is 3. The number of anilines is 1. The molecule has 0 heterocycles. The van der Waals surface area contributed by atoms with Crippen LogP contribution in [0.2, 0.25) is 0 Å². The van der Waals surface area contributed by atoms with E-state index in [1.165, 1.54) is 6.92 Å². The number of amides is 1. The molecule has 1 rings (SSSR count). The fourth-order valence-corrected chi connectivity index (χ4v) is 2.32. The first kappa shape index (κ1) is 17.6. The fourth-order valence-electron chi connectivity index (χ4n) is 2.32. The summed E-state index contributed by atoms with van der Waals surface area (Å²) in [6, 6.07) is 7.81. The van der Waals surface area contributed by atoms with Gasteiger partial charge in [-0.2, -0.15) is 0 Å². The number of benzene rings is 1. The van der Waals surface area contributed by atoms with Gasteiger partial charge in [0.2, 0.25) is 5.91 Å². The molecule has 0 aliphatic heterocycles. The van der Waals surface area contributed by atoms with Gasteiger partial charge in [0.25, 0.3) is 0 Å². The van der Waals surface area contributed by atoms with Gasteiger partial charge in [-0.1, -0.05) is 12.1 Å². The molecule has 0 spiro atoms. The second-order valence-electron chi connectivity index (χ2n) is 6.14. The van der Waals surface area contributed by atoms with Gasteiger partial charge in [-0.3, -0.25) is 4.79 Å². The molecule has 118 valence electrons. The van der Waals surface area contributed by atoms with E-state index < -0.39 is 5.60 Å². The normalized spacial score (nSPS) is 15.6. The Balaban J connectivity index is 2.63. The van der Waals surface area contributed by atoms with Crippen molar-refractivity contribution in [2.45, 2.75) is 32.4 Å². The molecular weight excluding hydrogens is 266 g/mol. The van der Waals surface area contributed by atoms with E-state index in [-0.39, 0.29) is 11.9 Å². The predicted molar refractivity (Wildman–Crippen MR) is 86.3 cm³/mol. The lowest BCUT2D eigenvalue weighted by Crippen LogP contribution is -2.46. The molecule has 5 nitrogen and oxygen atoms in total. The number of carbonyl (C=O) groups is 1. The SMILES string of the molecule is CC(=O)Nc1cccc(C(C)NCC(C)(O)CN(C)C)c1. The van der Waals surface area contributed by atoms with Gasteiger partial charge in [-0.25, -0.2) is 0 Å². The van der Waals surface area contributed by atoms with Crippen molar-refractivity contribution < 1.29 is 9.90 Å². The summed E-state index contributed by atoms with van der Waals surface area (Å²) in [5, 5.41) is 16.4. The predicted octanol–water partition coefficient (Wildman–Crippen LogP) is 1.61. The van der Waals surface area contributed by atoms with E-state index >= 15 is 0 Å². The van der Waals surface area contributed by atoms with Gasteiger partial charge in [-0.15, -0.1) is 0 Å². The summed E-state index contributed by atoms with van der Waals surface area (Å²) in [5.41, 5.74) is 1.07. The van der Waals surface area contributed by atoms with Crippen molar-refractivity contribution >= 4 is 11.6 Å². The molecule has 1 amide bonds. The van der Waals surface area contributed by atoms with Crippen molar-refractivity contribution in [2.75, 3.05) is 32.5 Å². The number of nitrogens with zero attached hydrogens (tertiary/aromatic N) is 1. The van der Waals surface area contributed by atoms with E-state index in [1.807, 2.05) is 57.1 Å². The Kier molecular flexibility index (Phi) is 6.33. The largest absolute Gasteiger partial charge is 0.388 e. The number of nitrogens with one attached hydrogen (secondary N) is 2. The van der Waals surface area contributed by atoms with Crippen LogP contribution in [0.4, 0.5) is 5.69 Å². The van der Waals surface area contributed by atoms with E-state index in [0.717, 1.165) is 11.3 Å². The minimum atomic E-state index is -0.785. The number of aliphatic hydroxyl groups is 1. The summed E-state index contributed by atoms with van der Waals surface area (Å²) in [6.07, 6.45) is 0. The van der Waals surface area contributed by atoms with Crippen LogP contribution in [-0.4, -0.2) is 48.7 Å². The Morgan fingerprint density at radius 1 is 1.43 bits per heavy atom. The maximum Gasteiger partial charge on any atom is 0.221 e. The summed E-state index contributed by atoms with van der Waals surface area (Å²) in [6.45, 7) is 6.45.